The van der Waals surface area contributed by atoms with Gasteiger partial charge in [-0.05, 0) is 31.1 Å². The molecule has 0 aliphatic rings. The summed E-state index contributed by atoms with van der Waals surface area (Å²) in [6.07, 6.45) is 4.53. The first-order valence-electron chi connectivity index (χ1n) is 7.22. The van der Waals surface area contributed by atoms with Crippen LogP contribution in [0.15, 0.2) is 31.1 Å². The van der Waals surface area contributed by atoms with Crippen molar-refractivity contribution < 1.29 is 4.74 Å². The third-order valence-electron chi connectivity index (χ3n) is 2.79. The van der Waals surface area contributed by atoms with Crippen LogP contribution in [0.5, 0.6) is 5.88 Å². The molecule has 4 nitrogen and oxygen atoms in total. The molecular weight excluding hydrogens is 250 g/mol. The molecule has 112 valence electrons. The summed E-state index contributed by atoms with van der Waals surface area (Å²) in [6, 6.07) is 4.03. The first-order valence-corrected chi connectivity index (χ1v) is 7.22. The van der Waals surface area contributed by atoms with E-state index in [-0.39, 0.29) is 0 Å². The van der Waals surface area contributed by atoms with Crippen molar-refractivity contribution in [1.29, 1.82) is 0 Å². The molecule has 4 heteroatoms. The second-order valence-electron chi connectivity index (χ2n) is 5.46. The number of nitrogens with one attached hydrogen (secondary N) is 1. The SMILES string of the molecule is C=CNCCCOc1ccc(CN(C)CC(C)C)cn1. The van der Waals surface area contributed by atoms with E-state index in [1.165, 1.54) is 5.56 Å². The first kappa shape index (κ1) is 16.5. The summed E-state index contributed by atoms with van der Waals surface area (Å²) in [6.45, 7) is 11.6. The van der Waals surface area contributed by atoms with Gasteiger partial charge in [-0.2, -0.15) is 0 Å². The Morgan fingerprint density at radius 3 is 2.85 bits per heavy atom. The predicted octanol–water partition coefficient (Wildman–Crippen LogP) is 2.67. The molecule has 0 bridgehead atoms. The Balaban J connectivity index is 2.30. The van der Waals surface area contributed by atoms with Gasteiger partial charge in [0.25, 0.3) is 0 Å². The summed E-state index contributed by atoms with van der Waals surface area (Å²) < 4.78 is 5.58. The van der Waals surface area contributed by atoms with Crippen LogP contribution in [0, 0.1) is 5.92 Å². The van der Waals surface area contributed by atoms with Crippen LogP contribution in [0.3, 0.4) is 0 Å². The molecule has 0 unspecified atom stereocenters. The zero-order valence-corrected chi connectivity index (χ0v) is 12.9. The lowest BCUT2D eigenvalue weighted by molar-refractivity contribution is 0.285. The number of nitrogens with zero attached hydrogens (tertiary/aromatic N) is 2. The van der Waals surface area contributed by atoms with Crippen LogP contribution in [0.1, 0.15) is 25.8 Å². The first-order chi connectivity index (χ1) is 9.61. The summed E-state index contributed by atoms with van der Waals surface area (Å²) >= 11 is 0. The molecule has 1 aromatic heterocycles. The molecule has 0 atom stereocenters. The van der Waals surface area contributed by atoms with E-state index in [9.17, 15) is 0 Å². The van der Waals surface area contributed by atoms with Gasteiger partial charge in [-0.1, -0.05) is 26.5 Å². The molecule has 1 rings (SSSR count). The fraction of sp³-hybridized carbons (Fsp3) is 0.562. The number of hydrogen-bond acceptors (Lipinski definition) is 4. The second kappa shape index (κ2) is 9.37. The van der Waals surface area contributed by atoms with Crippen LogP contribution in [0.25, 0.3) is 0 Å². The smallest absolute Gasteiger partial charge is 0.213 e. The Bertz CT molecular complexity index is 376. The summed E-state index contributed by atoms with van der Waals surface area (Å²) in [5, 5.41) is 3.04. The molecule has 0 aromatic carbocycles. The molecule has 0 saturated carbocycles. The standard InChI is InChI=1S/C16H27N3O/c1-5-17-9-6-10-20-16-8-7-15(11-18-16)13-19(4)12-14(2)3/h5,7-8,11,14,17H,1,6,9-10,12-13H2,2-4H3. The molecule has 0 amide bonds. The molecule has 0 aliphatic carbocycles. The van der Waals surface area contributed by atoms with Crippen LogP contribution < -0.4 is 10.1 Å². The molecular formula is C16H27N3O. The Kier molecular flexibility index (Phi) is 7.73. The lowest BCUT2D eigenvalue weighted by Crippen LogP contribution is -2.22. The van der Waals surface area contributed by atoms with Gasteiger partial charge in [0.2, 0.25) is 5.88 Å². The van der Waals surface area contributed by atoms with E-state index in [0.29, 0.717) is 18.4 Å². The highest BCUT2D eigenvalue weighted by atomic mass is 16.5. The van der Waals surface area contributed by atoms with Crippen LogP contribution in [0.2, 0.25) is 0 Å². The predicted molar refractivity (Wildman–Crippen MR) is 83.7 cm³/mol. The lowest BCUT2D eigenvalue weighted by atomic mass is 10.2. The van der Waals surface area contributed by atoms with Crippen LogP contribution >= 0.6 is 0 Å². The fourth-order valence-electron chi connectivity index (χ4n) is 2.04. The molecule has 0 aliphatic heterocycles. The largest absolute Gasteiger partial charge is 0.478 e. The highest BCUT2D eigenvalue weighted by molar-refractivity contribution is 5.17. The Hall–Kier alpha value is -1.55. The molecule has 0 fully saturated rings. The Labute approximate surface area is 122 Å². The minimum Gasteiger partial charge on any atom is -0.478 e. The molecule has 0 saturated heterocycles. The maximum Gasteiger partial charge on any atom is 0.213 e. The highest BCUT2D eigenvalue weighted by Gasteiger charge is 2.04. The topological polar surface area (TPSA) is 37.4 Å². The number of pyridine rings is 1. The molecule has 1 N–H and O–H groups in total. The number of hydrogen-bond donors (Lipinski definition) is 1. The van der Waals surface area contributed by atoms with Crippen LogP contribution in [-0.2, 0) is 6.54 Å². The summed E-state index contributed by atoms with van der Waals surface area (Å²) in [4.78, 5) is 6.65. The van der Waals surface area contributed by atoms with Crippen LogP contribution in [0.4, 0.5) is 0 Å². The summed E-state index contributed by atoms with van der Waals surface area (Å²) in [7, 11) is 2.14. The van der Waals surface area contributed by atoms with Gasteiger partial charge in [-0.25, -0.2) is 4.98 Å². The number of ether oxygens (including phenoxy) is 1. The Morgan fingerprint density at radius 1 is 1.45 bits per heavy atom. The summed E-state index contributed by atoms with van der Waals surface area (Å²) in [5.74, 6) is 1.37. The number of rotatable bonds is 10. The average Bonchev–Trinajstić information content (AvgIpc) is 2.39. The molecule has 1 heterocycles. The van der Waals surface area contributed by atoms with Crippen molar-refractivity contribution in [3.8, 4) is 5.88 Å². The average molecular weight is 277 g/mol. The highest BCUT2D eigenvalue weighted by Crippen LogP contribution is 2.10. The van der Waals surface area contributed by atoms with E-state index in [2.05, 4.69) is 48.7 Å². The van der Waals surface area contributed by atoms with E-state index in [1.807, 2.05) is 12.3 Å². The van der Waals surface area contributed by atoms with Gasteiger partial charge in [0, 0.05) is 31.9 Å². The van der Waals surface area contributed by atoms with Gasteiger partial charge in [-0.3, -0.25) is 0 Å². The monoisotopic (exact) mass is 277 g/mol. The molecule has 0 spiro atoms. The van der Waals surface area contributed by atoms with Gasteiger partial charge < -0.3 is 15.0 Å². The van der Waals surface area contributed by atoms with Gasteiger partial charge in [-0.15, -0.1) is 0 Å². The van der Waals surface area contributed by atoms with Gasteiger partial charge >= 0.3 is 0 Å². The van der Waals surface area contributed by atoms with E-state index in [1.54, 1.807) is 6.20 Å². The van der Waals surface area contributed by atoms with Crippen molar-refractivity contribution in [3.63, 3.8) is 0 Å². The van der Waals surface area contributed by atoms with Crippen molar-refractivity contribution in [3.05, 3.63) is 36.7 Å². The van der Waals surface area contributed by atoms with E-state index >= 15 is 0 Å². The molecule has 20 heavy (non-hydrogen) atoms. The van der Waals surface area contributed by atoms with Crippen LogP contribution in [-0.4, -0.2) is 36.6 Å². The molecule has 1 aromatic rings. The molecule has 0 radical (unpaired) electrons. The Morgan fingerprint density at radius 2 is 2.25 bits per heavy atom. The zero-order valence-electron chi connectivity index (χ0n) is 12.9. The maximum absolute atomic E-state index is 5.58. The fourth-order valence-corrected chi connectivity index (χ4v) is 2.04. The zero-order chi connectivity index (χ0) is 14.8. The number of aromatic nitrogens is 1. The van der Waals surface area contributed by atoms with Gasteiger partial charge in [0.15, 0.2) is 0 Å². The third kappa shape index (κ3) is 7.14. The van der Waals surface area contributed by atoms with E-state index in [0.717, 1.165) is 26.1 Å². The van der Waals surface area contributed by atoms with E-state index < -0.39 is 0 Å². The summed E-state index contributed by atoms with van der Waals surface area (Å²) in [5.41, 5.74) is 1.22. The van der Waals surface area contributed by atoms with Crippen molar-refractivity contribution >= 4 is 0 Å². The third-order valence-corrected chi connectivity index (χ3v) is 2.79. The minimum absolute atomic E-state index is 0.667. The second-order valence-corrected chi connectivity index (χ2v) is 5.46. The van der Waals surface area contributed by atoms with Gasteiger partial charge in [0.05, 0.1) is 6.61 Å². The maximum atomic E-state index is 5.58. The lowest BCUT2D eigenvalue weighted by Gasteiger charge is -2.18. The minimum atomic E-state index is 0.667. The van der Waals surface area contributed by atoms with Crippen molar-refractivity contribution in [1.82, 2.24) is 15.2 Å². The van der Waals surface area contributed by atoms with Crippen molar-refractivity contribution in [2.24, 2.45) is 5.92 Å². The quantitative estimate of drug-likeness (QED) is 0.667. The normalized spacial score (nSPS) is 10.8. The van der Waals surface area contributed by atoms with Crippen molar-refractivity contribution in [2.75, 3.05) is 26.7 Å². The van der Waals surface area contributed by atoms with Crippen molar-refractivity contribution in [2.45, 2.75) is 26.8 Å². The van der Waals surface area contributed by atoms with E-state index in [4.69, 9.17) is 4.74 Å². The van der Waals surface area contributed by atoms with Gasteiger partial charge in [0.1, 0.15) is 0 Å².